The van der Waals surface area contributed by atoms with Crippen molar-refractivity contribution in [1.82, 2.24) is 24.8 Å². The quantitative estimate of drug-likeness (QED) is 0.580. The lowest BCUT2D eigenvalue weighted by Crippen LogP contribution is -2.24. The topological polar surface area (TPSA) is 76.1 Å². The number of hydrogen-bond donors (Lipinski definition) is 1. The molecule has 0 aromatic carbocycles. The summed E-state index contributed by atoms with van der Waals surface area (Å²) in [4.78, 5) is 21.9. The Morgan fingerprint density at radius 3 is 2.73 bits per heavy atom. The van der Waals surface area contributed by atoms with Crippen molar-refractivity contribution in [2.24, 2.45) is 0 Å². The largest absolute Gasteiger partial charge is 0.384 e. The van der Waals surface area contributed by atoms with Crippen molar-refractivity contribution in [3.63, 3.8) is 0 Å². The second-order valence-corrected chi connectivity index (χ2v) is 8.94. The third-order valence-corrected chi connectivity index (χ3v) is 6.05. The van der Waals surface area contributed by atoms with E-state index in [1.807, 2.05) is 25.5 Å². The molecule has 158 valence electrons. The zero-order valence-electron chi connectivity index (χ0n) is 17.8. The Bertz CT molecular complexity index is 974. The minimum absolute atomic E-state index is 0.302. The summed E-state index contributed by atoms with van der Waals surface area (Å²) in [5, 5.41) is 4.35. The fourth-order valence-electron chi connectivity index (χ4n) is 3.84. The van der Waals surface area contributed by atoms with E-state index in [2.05, 4.69) is 44.2 Å². The maximum Gasteiger partial charge on any atom is 0.187 e. The van der Waals surface area contributed by atoms with Crippen molar-refractivity contribution in [3.05, 3.63) is 58.4 Å². The minimum Gasteiger partial charge on any atom is -0.384 e. The minimum atomic E-state index is 0.302. The molecule has 30 heavy (non-hydrogen) atoms. The maximum absolute atomic E-state index is 5.10. The Morgan fingerprint density at radius 1 is 1.17 bits per heavy atom. The van der Waals surface area contributed by atoms with Gasteiger partial charge in [-0.2, -0.15) is 0 Å². The molecule has 1 fully saturated rings. The van der Waals surface area contributed by atoms with Crippen LogP contribution in [0.1, 0.15) is 46.5 Å². The standard InChI is InChI=1S/C22H28N6OS/c1-15-9-18(27-22-25-11-16(2)30-22)10-19(26-15)20-5-4-7-28(20)14-17-12-23-21(24-13-17)6-8-29-3/h9-13,20H,4-8,14H2,1-3H3,(H,25,26,27)/t20-/m1/s1. The van der Waals surface area contributed by atoms with Crippen LogP contribution in [0.15, 0.2) is 30.7 Å². The second-order valence-electron chi connectivity index (χ2n) is 7.70. The van der Waals surface area contributed by atoms with Gasteiger partial charge in [0.25, 0.3) is 0 Å². The van der Waals surface area contributed by atoms with Gasteiger partial charge in [-0.1, -0.05) is 0 Å². The molecule has 7 nitrogen and oxygen atoms in total. The van der Waals surface area contributed by atoms with Gasteiger partial charge in [-0.3, -0.25) is 9.88 Å². The van der Waals surface area contributed by atoms with E-state index in [1.54, 1.807) is 18.4 Å². The van der Waals surface area contributed by atoms with Gasteiger partial charge in [-0.15, -0.1) is 11.3 Å². The molecular weight excluding hydrogens is 396 g/mol. The number of likely N-dealkylation sites (tertiary alicyclic amines) is 1. The van der Waals surface area contributed by atoms with Crippen LogP contribution in [0.25, 0.3) is 0 Å². The van der Waals surface area contributed by atoms with Crippen molar-refractivity contribution in [3.8, 4) is 0 Å². The molecule has 0 bridgehead atoms. The van der Waals surface area contributed by atoms with Crippen LogP contribution < -0.4 is 5.32 Å². The van der Waals surface area contributed by atoms with Crippen LogP contribution in [0.4, 0.5) is 10.8 Å². The number of aromatic nitrogens is 4. The van der Waals surface area contributed by atoms with E-state index in [-0.39, 0.29) is 0 Å². The fraction of sp³-hybridized carbons (Fsp3) is 0.455. The highest BCUT2D eigenvalue weighted by atomic mass is 32.1. The van der Waals surface area contributed by atoms with Crippen molar-refractivity contribution in [2.75, 3.05) is 25.6 Å². The summed E-state index contributed by atoms with van der Waals surface area (Å²) >= 11 is 1.66. The third-order valence-electron chi connectivity index (χ3n) is 5.23. The van der Waals surface area contributed by atoms with Crippen molar-refractivity contribution < 1.29 is 4.74 Å². The Morgan fingerprint density at radius 2 is 2.00 bits per heavy atom. The van der Waals surface area contributed by atoms with Gasteiger partial charge in [0.1, 0.15) is 5.82 Å². The first-order valence-electron chi connectivity index (χ1n) is 10.3. The van der Waals surface area contributed by atoms with Crippen LogP contribution in [-0.2, 0) is 17.7 Å². The summed E-state index contributed by atoms with van der Waals surface area (Å²) in [5.74, 6) is 0.826. The Balaban J connectivity index is 1.47. The van der Waals surface area contributed by atoms with Gasteiger partial charge in [-0.05, 0) is 45.4 Å². The smallest absolute Gasteiger partial charge is 0.187 e. The Hall–Kier alpha value is -2.42. The average molecular weight is 425 g/mol. The molecule has 1 saturated heterocycles. The number of pyridine rings is 1. The molecule has 0 aliphatic carbocycles. The van der Waals surface area contributed by atoms with Crippen LogP contribution in [-0.4, -0.2) is 45.1 Å². The van der Waals surface area contributed by atoms with Crippen LogP contribution in [0.3, 0.4) is 0 Å². The molecule has 3 aromatic rings. The van der Waals surface area contributed by atoms with Gasteiger partial charge in [0.15, 0.2) is 5.13 Å². The number of aryl methyl sites for hydroxylation is 2. The SMILES string of the molecule is COCCc1ncc(CN2CCC[C@@H]2c2cc(Nc3ncc(C)s3)cc(C)n2)cn1. The predicted molar refractivity (Wildman–Crippen MR) is 119 cm³/mol. The molecular formula is C22H28N6OS. The summed E-state index contributed by atoms with van der Waals surface area (Å²) in [7, 11) is 1.69. The first kappa shape index (κ1) is 20.8. The summed E-state index contributed by atoms with van der Waals surface area (Å²) < 4.78 is 5.10. The van der Waals surface area contributed by atoms with E-state index in [4.69, 9.17) is 9.72 Å². The van der Waals surface area contributed by atoms with Crippen molar-refractivity contribution in [2.45, 2.75) is 45.7 Å². The molecule has 1 atom stereocenters. The van der Waals surface area contributed by atoms with E-state index in [1.165, 1.54) is 11.3 Å². The van der Waals surface area contributed by atoms with E-state index in [0.717, 1.165) is 59.5 Å². The molecule has 4 heterocycles. The number of hydrogen-bond acceptors (Lipinski definition) is 8. The molecule has 3 aromatic heterocycles. The van der Waals surface area contributed by atoms with E-state index >= 15 is 0 Å². The molecule has 0 amide bonds. The number of nitrogens with zero attached hydrogens (tertiary/aromatic N) is 5. The number of nitrogens with one attached hydrogen (secondary N) is 1. The normalized spacial score (nSPS) is 16.8. The predicted octanol–water partition coefficient (Wildman–Crippen LogP) is 4.21. The summed E-state index contributed by atoms with van der Waals surface area (Å²) in [6.07, 6.45) is 8.79. The van der Waals surface area contributed by atoms with Gasteiger partial charge in [0.05, 0.1) is 18.3 Å². The highest BCUT2D eigenvalue weighted by molar-refractivity contribution is 7.15. The van der Waals surface area contributed by atoms with E-state index in [0.29, 0.717) is 12.6 Å². The summed E-state index contributed by atoms with van der Waals surface area (Å²) in [5.41, 5.74) is 4.30. The third kappa shape index (κ3) is 5.19. The molecule has 0 spiro atoms. The van der Waals surface area contributed by atoms with Gasteiger partial charge in [0.2, 0.25) is 0 Å². The molecule has 4 rings (SSSR count). The highest BCUT2D eigenvalue weighted by Crippen LogP contribution is 2.34. The number of ether oxygens (including phenoxy) is 1. The molecule has 0 saturated carbocycles. The number of rotatable bonds is 8. The van der Waals surface area contributed by atoms with Crippen LogP contribution in [0, 0.1) is 13.8 Å². The number of methoxy groups -OCH3 is 1. The van der Waals surface area contributed by atoms with Gasteiger partial charge in [-0.25, -0.2) is 15.0 Å². The molecule has 8 heteroatoms. The fourth-order valence-corrected chi connectivity index (χ4v) is 4.53. The lowest BCUT2D eigenvalue weighted by atomic mass is 10.1. The summed E-state index contributed by atoms with van der Waals surface area (Å²) in [6.45, 7) is 6.65. The second kappa shape index (κ2) is 9.59. The Kier molecular flexibility index (Phi) is 6.66. The van der Waals surface area contributed by atoms with Crippen LogP contribution >= 0.6 is 11.3 Å². The van der Waals surface area contributed by atoms with Crippen molar-refractivity contribution >= 4 is 22.2 Å². The lowest BCUT2D eigenvalue weighted by Gasteiger charge is -2.24. The van der Waals surface area contributed by atoms with Crippen LogP contribution in [0.5, 0.6) is 0 Å². The van der Waals surface area contributed by atoms with Gasteiger partial charge < -0.3 is 10.1 Å². The summed E-state index contributed by atoms with van der Waals surface area (Å²) in [6, 6.07) is 4.54. The molecule has 0 radical (unpaired) electrons. The zero-order valence-corrected chi connectivity index (χ0v) is 18.6. The first-order chi connectivity index (χ1) is 14.6. The number of anilines is 2. The van der Waals surface area contributed by atoms with Gasteiger partial charge in [0, 0.05) is 60.5 Å². The highest BCUT2D eigenvalue weighted by Gasteiger charge is 2.27. The van der Waals surface area contributed by atoms with Crippen molar-refractivity contribution in [1.29, 1.82) is 0 Å². The molecule has 1 N–H and O–H groups in total. The zero-order chi connectivity index (χ0) is 20.9. The average Bonchev–Trinajstić information content (AvgIpc) is 3.36. The lowest BCUT2D eigenvalue weighted by molar-refractivity contribution is 0.200. The Labute approximate surface area is 181 Å². The monoisotopic (exact) mass is 424 g/mol. The molecule has 1 aliphatic rings. The van der Waals surface area contributed by atoms with Crippen LogP contribution in [0.2, 0.25) is 0 Å². The molecule has 0 unspecified atom stereocenters. The molecule has 1 aliphatic heterocycles. The first-order valence-corrected chi connectivity index (χ1v) is 11.1. The van der Waals surface area contributed by atoms with E-state index < -0.39 is 0 Å². The van der Waals surface area contributed by atoms with Gasteiger partial charge >= 0.3 is 0 Å². The maximum atomic E-state index is 5.10. The van der Waals surface area contributed by atoms with E-state index in [9.17, 15) is 0 Å². The number of thiazole rings is 1.